The molecule has 6 nitrogen and oxygen atoms in total. The first-order valence-electron chi connectivity index (χ1n) is 7.59. The molecule has 8 heteroatoms. The molecule has 1 aliphatic rings. The molecule has 1 aromatic carbocycles. The Balaban J connectivity index is 2.04. The number of ether oxygens (including phenoxy) is 1. The van der Waals surface area contributed by atoms with Gasteiger partial charge in [0.15, 0.2) is 9.84 Å². The van der Waals surface area contributed by atoms with E-state index in [-0.39, 0.29) is 15.9 Å². The lowest BCUT2D eigenvalue weighted by atomic mass is 10.1. The van der Waals surface area contributed by atoms with Gasteiger partial charge in [-0.3, -0.25) is 0 Å². The molecule has 1 heterocycles. The van der Waals surface area contributed by atoms with Crippen LogP contribution in [-0.4, -0.2) is 53.7 Å². The van der Waals surface area contributed by atoms with Crippen molar-refractivity contribution < 1.29 is 21.6 Å². The maximum absolute atomic E-state index is 12.5. The van der Waals surface area contributed by atoms with Gasteiger partial charge in [0, 0.05) is 26.5 Å². The predicted molar refractivity (Wildman–Crippen MR) is 87.6 cm³/mol. The van der Waals surface area contributed by atoms with Crippen LogP contribution in [0.5, 0.6) is 0 Å². The van der Waals surface area contributed by atoms with Gasteiger partial charge in [0.2, 0.25) is 10.0 Å². The molecule has 1 atom stereocenters. The minimum atomic E-state index is -3.62. The van der Waals surface area contributed by atoms with Crippen LogP contribution in [0.15, 0.2) is 34.1 Å². The molecular formula is C15H23NO5S2. The summed E-state index contributed by atoms with van der Waals surface area (Å²) >= 11 is 0. The van der Waals surface area contributed by atoms with Gasteiger partial charge >= 0.3 is 0 Å². The molecule has 0 spiro atoms. The SMILES string of the molecule is CN(CCC1CCCCO1)S(=O)(=O)c1ccc(S(C)(=O)=O)cc1. The summed E-state index contributed by atoms with van der Waals surface area (Å²) < 4.78 is 54.8. The molecule has 23 heavy (non-hydrogen) atoms. The smallest absolute Gasteiger partial charge is 0.242 e. The summed E-state index contributed by atoms with van der Waals surface area (Å²) in [4.78, 5) is 0.201. The third kappa shape index (κ3) is 4.76. The topological polar surface area (TPSA) is 80.8 Å². The van der Waals surface area contributed by atoms with Crippen LogP contribution in [0.3, 0.4) is 0 Å². The van der Waals surface area contributed by atoms with Gasteiger partial charge in [-0.25, -0.2) is 21.1 Å². The van der Waals surface area contributed by atoms with Gasteiger partial charge in [-0.2, -0.15) is 0 Å². The Labute approximate surface area is 138 Å². The van der Waals surface area contributed by atoms with E-state index >= 15 is 0 Å². The van der Waals surface area contributed by atoms with Crippen molar-refractivity contribution in [3.05, 3.63) is 24.3 Å². The maximum atomic E-state index is 12.5. The Morgan fingerprint density at radius 3 is 2.22 bits per heavy atom. The monoisotopic (exact) mass is 361 g/mol. The summed E-state index contributed by atoms with van der Waals surface area (Å²) in [5, 5.41) is 0. The van der Waals surface area contributed by atoms with Crippen molar-refractivity contribution in [3.63, 3.8) is 0 Å². The van der Waals surface area contributed by atoms with Crippen LogP contribution >= 0.6 is 0 Å². The molecule has 130 valence electrons. The van der Waals surface area contributed by atoms with Crippen molar-refractivity contribution in [3.8, 4) is 0 Å². The van der Waals surface area contributed by atoms with Crippen molar-refractivity contribution in [1.82, 2.24) is 4.31 Å². The minimum Gasteiger partial charge on any atom is -0.378 e. The fourth-order valence-electron chi connectivity index (χ4n) is 2.52. The van der Waals surface area contributed by atoms with Gasteiger partial charge in [0.25, 0.3) is 0 Å². The largest absolute Gasteiger partial charge is 0.378 e. The van der Waals surface area contributed by atoms with Gasteiger partial charge in [0.1, 0.15) is 0 Å². The van der Waals surface area contributed by atoms with Crippen molar-refractivity contribution in [2.45, 2.75) is 41.6 Å². The Kier molecular flexibility index (Phi) is 5.83. The zero-order chi connectivity index (χ0) is 17.1. The van der Waals surface area contributed by atoms with Crippen LogP contribution in [0.25, 0.3) is 0 Å². The molecule has 1 aliphatic heterocycles. The van der Waals surface area contributed by atoms with E-state index in [0.29, 0.717) is 13.0 Å². The highest BCUT2D eigenvalue weighted by Crippen LogP contribution is 2.20. The van der Waals surface area contributed by atoms with Crippen LogP contribution in [0.2, 0.25) is 0 Å². The van der Waals surface area contributed by atoms with Gasteiger partial charge in [0.05, 0.1) is 15.9 Å². The van der Waals surface area contributed by atoms with Crippen LogP contribution in [0.4, 0.5) is 0 Å². The molecule has 0 amide bonds. The van der Waals surface area contributed by atoms with E-state index in [1.54, 1.807) is 0 Å². The number of sulfonamides is 1. The lowest BCUT2D eigenvalue weighted by Gasteiger charge is -2.25. The molecule has 2 rings (SSSR count). The average molecular weight is 361 g/mol. The number of benzene rings is 1. The van der Waals surface area contributed by atoms with E-state index < -0.39 is 19.9 Å². The van der Waals surface area contributed by atoms with Crippen molar-refractivity contribution in [1.29, 1.82) is 0 Å². The summed E-state index contributed by atoms with van der Waals surface area (Å²) in [5.74, 6) is 0. The van der Waals surface area contributed by atoms with Gasteiger partial charge in [-0.15, -0.1) is 0 Å². The van der Waals surface area contributed by atoms with Gasteiger partial charge in [-0.1, -0.05) is 0 Å². The van der Waals surface area contributed by atoms with Crippen LogP contribution in [0.1, 0.15) is 25.7 Å². The molecule has 0 bridgehead atoms. The molecule has 1 unspecified atom stereocenters. The molecule has 1 fully saturated rings. The second-order valence-electron chi connectivity index (χ2n) is 5.85. The van der Waals surface area contributed by atoms with Crippen molar-refractivity contribution in [2.75, 3.05) is 26.5 Å². The predicted octanol–water partition coefficient (Wildman–Crippen LogP) is 1.67. The molecule has 1 saturated heterocycles. The molecule has 0 saturated carbocycles. The summed E-state index contributed by atoms with van der Waals surface area (Å²) in [6.07, 6.45) is 5.03. The molecule has 0 N–H and O–H groups in total. The molecule has 0 aliphatic carbocycles. The fourth-order valence-corrected chi connectivity index (χ4v) is 4.34. The Bertz CT molecular complexity index is 720. The summed E-state index contributed by atoms with van der Waals surface area (Å²) in [6, 6.07) is 5.30. The quantitative estimate of drug-likeness (QED) is 0.770. The number of rotatable bonds is 6. The third-order valence-electron chi connectivity index (χ3n) is 4.00. The number of hydrogen-bond acceptors (Lipinski definition) is 5. The van der Waals surface area contributed by atoms with Crippen molar-refractivity contribution >= 4 is 19.9 Å². The Morgan fingerprint density at radius 1 is 1.09 bits per heavy atom. The zero-order valence-corrected chi connectivity index (χ0v) is 15.1. The summed E-state index contributed by atoms with van der Waals surface area (Å²) in [5.41, 5.74) is 0. The standard InChI is InChI=1S/C15H23NO5S2/c1-16(11-10-13-5-3-4-12-21-13)23(19,20)15-8-6-14(7-9-15)22(2,17)18/h6-9,13H,3-5,10-12H2,1-2H3. The molecular weight excluding hydrogens is 338 g/mol. The van der Waals surface area contributed by atoms with E-state index in [0.717, 1.165) is 32.1 Å². The number of sulfone groups is 1. The van der Waals surface area contributed by atoms with Crippen LogP contribution < -0.4 is 0 Å². The Hall–Kier alpha value is -0.960. The Morgan fingerprint density at radius 2 is 1.70 bits per heavy atom. The van der Waals surface area contributed by atoms with Crippen LogP contribution in [-0.2, 0) is 24.6 Å². The number of nitrogens with zero attached hydrogens (tertiary/aromatic N) is 1. The maximum Gasteiger partial charge on any atom is 0.242 e. The van der Waals surface area contributed by atoms with Crippen molar-refractivity contribution in [2.24, 2.45) is 0 Å². The third-order valence-corrected chi connectivity index (χ3v) is 7.00. The first-order valence-corrected chi connectivity index (χ1v) is 10.9. The van der Waals surface area contributed by atoms with E-state index in [9.17, 15) is 16.8 Å². The van der Waals surface area contributed by atoms with E-state index in [1.165, 1.54) is 35.6 Å². The first kappa shape index (κ1) is 18.4. The van der Waals surface area contributed by atoms with E-state index in [1.807, 2.05) is 0 Å². The molecule has 0 aromatic heterocycles. The number of hydrogen-bond donors (Lipinski definition) is 0. The lowest BCUT2D eigenvalue weighted by Crippen LogP contribution is -2.31. The highest BCUT2D eigenvalue weighted by atomic mass is 32.2. The molecule has 1 aromatic rings. The summed E-state index contributed by atoms with van der Waals surface area (Å²) in [6.45, 7) is 1.12. The van der Waals surface area contributed by atoms with E-state index in [2.05, 4.69) is 0 Å². The normalized spacial score (nSPS) is 19.9. The lowest BCUT2D eigenvalue weighted by molar-refractivity contribution is 0.00950. The highest BCUT2D eigenvalue weighted by Gasteiger charge is 2.23. The second kappa shape index (κ2) is 7.29. The first-order chi connectivity index (χ1) is 10.7. The average Bonchev–Trinajstić information content (AvgIpc) is 2.52. The summed E-state index contributed by atoms with van der Waals surface area (Å²) in [7, 11) is -5.42. The fraction of sp³-hybridized carbons (Fsp3) is 0.600. The zero-order valence-electron chi connectivity index (χ0n) is 13.4. The van der Waals surface area contributed by atoms with Gasteiger partial charge in [-0.05, 0) is 49.9 Å². The second-order valence-corrected chi connectivity index (χ2v) is 9.91. The molecule has 0 radical (unpaired) electrons. The highest BCUT2D eigenvalue weighted by molar-refractivity contribution is 7.90. The van der Waals surface area contributed by atoms with Crippen LogP contribution in [0, 0.1) is 0 Å². The van der Waals surface area contributed by atoms with Gasteiger partial charge < -0.3 is 4.74 Å². The van der Waals surface area contributed by atoms with E-state index in [4.69, 9.17) is 4.74 Å². The minimum absolute atomic E-state index is 0.0944.